The lowest BCUT2D eigenvalue weighted by atomic mass is 10.1. The molecule has 1 saturated carbocycles. The number of unbranched alkanes of at least 4 members (excludes halogenated alkanes) is 1. The molecule has 2 aromatic rings. The van der Waals surface area contributed by atoms with Crippen LogP contribution in [0.25, 0.3) is 10.1 Å². The largest absolute Gasteiger partial charge is 0.477 e. The van der Waals surface area contributed by atoms with Crippen LogP contribution < -0.4 is 0 Å². The van der Waals surface area contributed by atoms with Crippen molar-refractivity contribution < 1.29 is 9.90 Å². The first-order valence-electron chi connectivity index (χ1n) is 7.68. The summed E-state index contributed by atoms with van der Waals surface area (Å²) in [6.45, 7) is 4.05. The molecule has 4 heteroatoms. The fourth-order valence-corrected chi connectivity index (χ4v) is 3.88. The van der Waals surface area contributed by atoms with Gasteiger partial charge in [-0.1, -0.05) is 31.5 Å². The van der Waals surface area contributed by atoms with Crippen LogP contribution in [0.2, 0.25) is 0 Å². The van der Waals surface area contributed by atoms with Gasteiger partial charge in [-0.3, -0.25) is 4.90 Å². The molecule has 1 N–H and O–H groups in total. The van der Waals surface area contributed by atoms with E-state index in [0.29, 0.717) is 10.9 Å². The molecule has 1 heterocycles. The van der Waals surface area contributed by atoms with E-state index in [2.05, 4.69) is 17.9 Å². The monoisotopic (exact) mass is 303 g/mol. The molecule has 0 aliphatic heterocycles. The zero-order valence-electron chi connectivity index (χ0n) is 12.3. The standard InChI is InChI=1S/C17H21NO2S/c1-2-3-10-18(12-8-9-12)11-14-13-6-4-5-7-15(13)21-16(14)17(19)20/h4-7,12H,2-3,8-11H2,1H3,(H,19,20). The molecule has 0 bridgehead atoms. The van der Waals surface area contributed by atoms with Crippen molar-refractivity contribution in [3.8, 4) is 0 Å². The number of hydrogen-bond donors (Lipinski definition) is 1. The second-order valence-electron chi connectivity index (χ2n) is 5.77. The first-order chi connectivity index (χ1) is 10.2. The molecule has 1 aromatic carbocycles. The molecular formula is C17H21NO2S. The number of fused-ring (bicyclic) bond motifs is 1. The Morgan fingerprint density at radius 3 is 2.81 bits per heavy atom. The Kier molecular flexibility index (Phi) is 4.27. The van der Waals surface area contributed by atoms with E-state index >= 15 is 0 Å². The summed E-state index contributed by atoms with van der Waals surface area (Å²) in [7, 11) is 0. The van der Waals surface area contributed by atoms with Crippen LogP contribution in [0, 0.1) is 0 Å². The van der Waals surface area contributed by atoms with Crippen molar-refractivity contribution in [1.29, 1.82) is 0 Å². The van der Waals surface area contributed by atoms with Crippen LogP contribution >= 0.6 is 11.3 Å². The van der Waals surface area contributed by atoms with Gasteiger partial charge in [0.1, 0.15) is 4.88 Å². The van der Waals surface area contributed by atoms with Crippen molar-refractivity contribution in [3.63, 3.8) is 0 Å². The number of aromatic carboxylic acids is 1. The average molecular weight is 303 g/mol. The molecule has 3 rings (SSSR count). The van der Waals surface area contributed by atoms with Gasteiger partial charge in [-0.15, -0.1) is 11.3 Å². The van der Waals surface area contributed by atoms with Gasteiger partial charge in [0, 0.05) is 17.3 Å². The molecule has 0 saturated heterocycles. The minimum Gasteiger partial charge on any atom is -0.477 e. The minimum atomic E-state index is -0.794. The van der Waals surface area contributed by atoms with E-state index in [-0.39, 0.29) is 0 Å². The van der Waals surface area contributed by atoms with Crippen molar-refractivity contribution >= 4 is 27.4 Å². The highest BCUT2D eigenvalue weighted by molar-refractivity contribution is 7.21. The molecule has 3 nitrogen and oxygen atoms in total. The Balaban J connectivity index is 1.93. The van der Waals surface area contributed by atoms with E-state index in [0.717, 1.165) is 28.7 Å². The molecule has 112 valence electrons. The molecule has 1 aliphatic rings. The molecular weight excluding hydrogens is 282 g/mol. The first kappa shape index (κ1) is 14.5. The van der Waals surface area contributed by atoms with Crippen LogP contribution in [0.4, 0.5) is 0 Å². The third kappa shape index (κ3) is 3.11. The maximum atomic E-state index is 11.6. The lowest BCUT2D eigenvalue weighted by Crippen LogP contribution is -2.27. The Morgan fingerprint density at radius 2 is 2.14 bits per heavy atom. The molecule has 0 radical (unpaired) electrons. The number of benzene rings is 1. The van der Waals surface area contributed by atoms with Gasteiger partial charge < -0.3 is 5.11 Å². The predicted molar refractivity (Wildman–Crippen MR) is 87.1 cm³/mol. The Bertz CT molecular complexity index is 645. The number of carboxylic acid groups (broad SMARTS) is 1. The number of hydrogen-bond acceptors (Lipinski definition) is 3. The van der Waals surface area contributed by atoms with Crippen LogP contribution in [0.3, 0.4) is 0 Å². The second-order valence-corrected chi connectivity index (χ2v) is 6.82. The van der Waals surface area contributed by atoms with Crippen molar-refractivity contribution in [2.45, 2.75) is 45.2 Å². The molecule has 1 aliphatic carbocycles. The summed E-state index contributed by atoms with van der Waals surface area (Å²) in [5, 5.41) is 10.6. The lowest BCUT2D eigenvalue weighted by Gasteiger charge is -2.22. The van der Waals surface area contributed by atoms with Crippen LogP contribution in [0.5, 0.6) is 0 Å². The van der Waals surface area contributed by atoms with Gasteiger partial charge in [0.2, 0.25) is 0 Å². The van der Waals surface area contributed by atoms with Gasteiger partial charge in [-0.2, -0.15) is 0 Å². The van der Waals surface area contributed by atoms with Crippen molar-refractivity contribution in [2.75, 3.05) is 6.54 Å². The summed E-state index contributed by atoms with van der Waals surface area (Å²) in [4.78, 5) is 14.6. The third-order valence-electron chi connectivity index (χ3n) is 4.12. The topological polar surface area (TPSA) is 40.5 Å². The smallest absolute Gasteiger partial charge is 0.346 e. The van der Waals surface area contributed by atoms with Crippen LogP contribution in [-0.4, -0.2) is 28.6 Å². The van der Waals surface area contributed by atoms with E-state index in [1.807, 2.05) is 18.2 Å². The minimum absolute atomic E-state index is 0.512. The molecule has 0 atom stereocenters. The summed E-state index contributed by atoms with van der Waals surface area (Å²) in [5.74, 6) is -0.794. The number of rotatable bonds is 7. The quantitative estimate of drug-likeness (QED) is 0.826. The summed E-state index contributed by atoms with van der Waals surface area (Å²) in [5.41, 5.74) is 1.01. The number of carboxylic acids is 1. The fraction of sp³-hybridized carbons (Fsp3) is 0.471. The second kappa shape index (κ2) is 6.16. The number of carbonyl (C=O) groups is 1. The molecule has 21 heavy (non-hydrogen) atoms. The van der Waals surface area contributed by atoms with Gasteiger partial charge >= 0.3 is 5.97 Å². The molecule has 1 aromatic heterocycles. The van der Waals surface area contributed by atoms with Gasteiger partial charge in [0.25, 0.3) is 0 Å². The zero-order chi connectivity index (χ0) is 14.8. The Morgan fingerprint density at radius 1 is 1.38 bits per heavy atom. The predicted octanol–water partition coefficient (Wildman–Crippen LogP) is 4.36. The van der Waals surface area contributed by atoms with Gasteiger partial charge in [-0.25, -0.2) is 4.79 Å². The average Bonchev–Trinajstić information content (AvgIpc) is 3.25. The summed E-state index contributed by atoms with van der Waals surface area (Å²) < 4.78 is 1.08. The van der Waals surface area contributed by atoms with Crippen molar-refractivity contribution in [2.24, 2.45) is 0 Å². The van der Waals surface area contributed by atoms with Crippen LogP contribution in [0.1, 0.15) is 47.8 Å². The molecule has 0 unspecified atom stereocenters. The highest BCUT2D eigenvalue weighted by Crippen LogP contribution is 2.35. The number of nitrogens with zero attached hydrogens (tertiary/aromatic N) is 1. The Labute approximate surface area is 129 Å². The van der Waals surface area contributed by atoms with Crippen molar-refractivity contribution in [1.82, 2.24) is 4.90 Å². The van der Waals surface area contributed by atoms with Crippen LogP contribution in [-0.2, 0) is 6.54 Å². The van der Waals surface area contributed by atoms with Crippen LogP contribution in [0.15, 0.2) is 24.3 Å². The number of thiophene rings is 1. The van der Waals surface area contributed by atoms with Gasteiger partial charge in [0.05, 0.1) is 0 Å². The molecule has 1 fully saturated rings. The van der Waals surface area contributed by atoms with E-state index in [4.69, 9.17) is 0 Å². The van der Waals surface area contributed by atoms with E-state index < -0.39 is 5.97 Å². The fourth-order valence-electron chi connectivity index (χ4n) is 2.82. The highest BCUT2D eigenvalue weighted by atomic mass is 32.1. The summed E-state index contributed by atoms with van der Waals surface area (Å²) in [6, 6.07) is 8.71. The SMILES string of the molecule is CCCCN(Cc1c(C(=O)O)sc2ccccc12)C1CC1. The first-order valence-corrected chi connectivity index (χ1v) is 8.50. The highest BCUT2D eigenvalue weighted by Gasteiger charge is 2.30. The lowest BCUT2D eigenvalue weighted by molar-refractivity contribution is 0.0700. The van der Waals surface area contributed by atoms with Gasteiger partial charge in [-0.05, 0) is 42.8 Å². The maximum Gasteiger partial charge on any atom is 0.346 e. The summed E-state index contributed by atoms with van der Waals surface area (Å²) in [6.07, 6.45) is 4.88. The van der Waals surface area contributed by atoms with Crippen molar-refractivity contribution in [3.05, 3.63) is 34.7 Å². The Hall–Kier alpha value is -1.39. The van der Waals surface area contributed by atoms with E-state index in [9.17, 15) is 9.90 Å². The molecule has 0 amide bonds. The summed E-state index contributed by atoms with van der Waals surface area (Å²) >= 11 is 1.40. The van der Waals surface area contributed by atoms with E-state index in [1.165, 1.54) is 37.0 Å². The normalized spacial score (nSPS) is 15.0. The van der Waals surface area contributed by atoms with Gasteiger partial charge in [0.15, 0.2) is 0 Å². The van der Waals surface area contributed by atoms with E-state index in [1.54, 1.807) is 0 Å². The molecule has 0 spiro atoms. The third-order valence-corrected chi connectivity index (χ3v) is 5.32. The maximum absolute atomic E-state index is 11.6. The zero-order valence-corrected chi connectivity index (χ0v) is 13.2.